The molecule has 1 amide bonds. The van der Waals surface area contributed by atoms with Crippen molar-refractivity contribution in [1.29, 1.82) is 0 Å². The molecule has 0 bridgehead atoms. The maximum absolute atomic E-state index is 12.9. The van der Waals surface area contributed by atoms with E-state index >= 15 is 0 Å². The summed E-state index contributed by atoms with van der Waals surface area (Å²) in [6, 6.07) is 28.3. The van der Waals surface area contributed by atoms with Crippen LogP contribution < -0.4 is 0 Å². The Balaban J connectivity index is 1.80. The fraction of sp³-hybridized carbons (Fsp3) is 0.0952. The van der Waals surface area contributed by atoms with Crippen LogP contribution >= 0.6 is 0 Å². The zero-order valence-corrected chi connectivity index (χ0v) is 12.7. The van der Waals surface area contributed by atoms with Crippen LogP contribution in [-0.2, 0) is 6.54 Å². The van der Waals surface area contributed by atoms with Gasteiger partial charge in [0.05, 0.1) is 6.04 Å². The van der Waals surface area contributed by atoms with E-state index in [2.05, 4.69) is 24.3 Å². The molecule has 3 aromatic carbocycles. The molecule has 0 aliphatic carbocycles. The first-order valence-corrected chi connectivity index (χ1v) is 7.83. The van der Waals surface area contributed by atoms with Gasteiger partial charge in [0.2, 0.25) is 0 Å². The number of rotatable bonds is 3. The molecule has 1 aliphatic heterocycles. The Kier molecular flexibility index (Phi) is 3.43. The molecule has 0 saturated carbocycles. The van der Waals surface area contributed by atoms with Crippen molar-refractivity contribution in [3.8, 4) is 0 Å². The van der Waals surface area contributed by atoms with Gasteiger partial charge in [0.25, 0.3) is 5.91 Å². The summed E-state index contributed by atoms with van der Waals surface area (Å²) >= 11 is 0. The van der Waals surface area contributed by atoms with Gasteiger partial charge in [-0.2, -0.15) is 0 Å². The monoisotopic (exact) mass is 299 g/mol. The van der Waals surface area contributed by atoms with Crippen LogP contribution in [0.1, 0.15) is 33.1 Å². The smallest absolute Gasteiger partial charge is 0.255 e. The van der Waals surface area contributed by atoms with E-state index in [-0.39, 0.29) is 11.9 Å². The Labute approximate surface area is 136 Å². The van der Waals surface area contributed by atoms with Crippen molar-refractivity contribution in [3.63, 3.8) is 0 Å². The number of hydrogen-bond acceptors (Lipinski definition) is 1. The van der Waals surface area contributed by atoms with E-state index in [1.165, 1.54) is 0 Å². The molecule has 0 radical (unpaired) electrons. The third kappa shape index (κ3) is 2.42. The third-order valence-electron chi connectivity index (χ3n) is 4.39. The van der Waals surface area contributed by atoms with Crippen LogP contribution in [0.3, 0.4) is 0 Å². The Morgan fingerprint density at radius 1 is 0.696 bits per heavy atom. The van der Waals surface area contributed by atoms with Gasteiger partial charge in [0.15, 0.2) is 0 Å². The van der Waals surface area contributed by atoms with Gasteiger partial charge in [-0.25, -0.2) is 0 Å². The van der Waals surface area contributed by atoms with Crippen LogP contribution in [0.25, 0.3) is 0 Å². The quantitative estimate of drug-likeness (QED) is 0.700. The predicted octanol–water partition coefficient (Wildman–Crippen LogP) is 4.43. The summed E-state index contributed by atoms with van der Waals surface area (Å²) in [6.07, 6.45) is 0. The molecule has 1 heterocycles. The van der Waals surface area contributed by atoms with Gasteiger partial charge in [0.1, 0.15) is 0 Å². The van der Waals surface area contributed by atoms with E-state index in [1.54, 1.807) is 0 Å². The van der Waals surface area contributed by atoms with Gasteiger partial charge < -0.3 is 4.90 Å². The maximum Gasteiger partial charge on any atom is 0.255 e. The number of hydrogen-bond donors (Lipinski definition) is 0. The molecule has 4 rings (SSSR count). The normalized spacial score (nSPS) is 13.4. The van der Waals surface area contributed by atoms with Gasteiger partial charge in [-0.3, -0.25) is 4.79 Å². The number of amides is 1. The topological polar surface area (TPSA) is 20.3 Å². The first-order chi connectivity index (χ1) is 11.3. The molecule has 0 N–H and O–H groups in total. The first-order valence-electron chi connectivity index (χ1n) is 7.83. The van der Waals surface area contributed by atoms with Crippen LogP contribution in [-0.4, -0.2) is 10.8 Å². The Bertz CT molecular complexity index is 787. The molecule has 3 aromatic rings. The van der Waals surface area contributed by atoms with Crippen molar-refractivity contribution < 1.29 is 4.79 Å². The molecule has 23 heavy (non-hydrogen) atoms. The van der Waals surface area contributed by atoms with Crippen molar-refractivity contribution in [2.24, 2.45) is 0 Å². The summed E-state index contributed by atoms with van der Waals surface area (Å²) in [7, 11) is 0. The SMILES string of the molecule is O=C1c2ccccc2CN1C(c1ccccc1)c1ccccc1. The first kappa shape index (κ1) is 13.8. The number of nitrogens with zero attached hydrogens (tertiary/aromatic N) is 1. The number of carbonyl (C=O) groups is 1. The Morgan fingerprint density at radius 2 is 1.22 bits per heavy atom. The fourth-order valence-corrected chi connectivity index (χ4v) is 3.31. The molecule has 0 fully saturated rings. The second-order valence-corrected chi connectivity index (χ2v) is 5.81. The van der Waals surface area contributed by atoms with Crippen LogP contribution in [0.15, 0.2) is 84.9 Å². The van der Waals surface area contributed by atoms with Crippen molar-refractivity contribution in [1.82, 2.24) is 4.90 Å². The van der Waals surface area contributed by atoms with Crippen molar-refractivity contribution in [3.05, 3.63) is 107 Å². The highest BCUT2D eigenvalue weighted by molar-refractivity contribution is 5.98. The number of benzene rings is 3. The second kappa shape index (κ2) is 5.73. The summed E-state index contributed by atoms with van der Waals surface area (Å²) in [4.78, 5) is 14.9. The third-order valence-corrected chi connectivity index (χ3v) is 4.39. The van der Waals surface area contributed by atoms with E-state index in [1.807, 2.05) is 65.6 Å². The van der Waals surface area contributed by atoms with Gasteiger partial charge in [-0.05, 0) is 22.8 Å². The van der Waals surface area contributed by atoms with E-state index in [0.717, 1.165) is 22.3 Å². The minimum absolute atomic E-state index is 0.0581. The van der Waals surface area contributed by atoms with Gasteiger partial charge in [-0.15, -0.1) is 0 Å². The average molecular weight is 299 g/mol. The van der Waals surface area contributed by atoms with Crippen molar-refractivity contribution >= 4 is 5.91 Å². The van der Waals surface area contributed by atoms with Crippen LogP contribution in [0, 0.1) is 0 Å². The van der Waals surface area contributed by atoms with Crippen LogP contribution in [0.4, 0.5) is 0 Å². The molecule has 0 saturated heterocycles. The Morgan fingerprint density at radius 3 is 1.78 bits per heavy atom. The molecule has 0 aromatic heterocycles. The molecule has 0 unspecified atom stereocenters. The summed E-state index contributed by atoms with van der Waals surface area (Å²) in [5.41, 5.74) is 4.21. The molecule has 2 heteroatoms. The lowest BCUT2D eigenvalue weighted by Crippen LogP contribution is -2.30. The van der Waals surface area contributed by atoms with E-state index in [0.29, 0.717) is 6.54 Å². The zero-order valence-electron chi connectivity index (χ0n) is 12.7. The highest BCUT2D eigenvalue weighted by Gasteiger charge is 2.33. The maximum atomic E-state index is 12.9. The molecule has 0 spiro atoms. The minimum Gasteiger partial charge on any atom is -0.323 e. The molecule has 1 aliphatic rings. The van der Waals surface area contributed by atoms with Crippen LogP contribution in [0.5, 0.6) is 0 Å². The summed E-state index contributed by atoms with van der Waals surface area (Å²) in [6.45, 7) is 0.656. The second-order valence-electron chi connectivity index (χ2n) is 5.81. The highest BCUT2D eigenvalue weighted by Crippen LogP contribution is 2.35. The van der Waals surface area contributed by atoms with Crippen molar-refractivity contribution in [2.45, 2.75) is 12.6 Å². The highest BCUT2D eigenvalue weighted by atomic mass is 16.2. The number of fused-ring (bicyclic) bond motifs is 1. The van der Waals surface area contributed by atoms with Gasteiger partial charge >= 0.3 is 0 Å². The molecular formula is C21H17NO. The van der Waals surface area contributed by atoms with Gasteiger partial charge in [0, 0.05) is 12.1 Å². The van der Waals surface area contributed by atoms with Crippen molar-refractivity contribution in [2.75, 3.05) is 0 Å². The Hall–Kier alpha value is -2.87. The average Bonchev–Trinajstić information content (AvgIpc) is 2.94. The lowest BCUT2D eigenvalue weighted by molar-refractivity contribution is 0.0731. The molecule has 2 nitrogen and oxygen atoms in total. The van der Waals surface area contributed by atoms with E-state index in [4.69, 9.17) is 0 Å². The van der Waals surface area contributed by atoms with E-state index in [9.17, 15) is 4.79 Å². The zero-order chi connectivity index (χ0) is 15.6. The number of carbonyl (C=O) groups excluding carboxylic acids is 1. The van der Waals surface area contributed by atoms with Gasteiger partial charge in [-0.1, -0.05) is 78.9 Å². The minimum atomic E-state index is -0.0581. The summed E-state index contributed by atoms with van der Waals surface area (Å²) < 4.78 is 0. The molecule has 0 atom stereocenters. The lowest BCUT2D eigenvalue weighted by Gasteiger charge is -2.28. The molecular weight excluding hydrogens is 282 g/mol. The predicted molar refractivity (Wildman–Crippen MR) is 91.0 cm³/mol. The summed E-state index contributed by atoms with van der Waals surface area (Å²) in [5.74, 6) is 0.110. The fourth-order valence-electron chi connectivity index (χ4n) is 3.31. The lowest BCUT2D eigenvalue weighted by atomic mass is 9.97. The molecule has 112 valence electrons. The largest absolute Gasteiger partial charge is 0.323 e. The van der Waals surface area contributed by atoms with E-state index < -0.39 is 0 Å². The summed E-state index contributed by atoms with van der Waals surface area (Å²) in [5, 5.41) is 0. The standard InChI is InChI=1S/C21H17NO/c23-21-19-14-8-7-13-18(19)15-22(21)20(16-9-3-1-4-10-16)17-11-5-2-6-12-17/h1-14,20H,15H2. The van der Waals surface area contributed by atoms with Crippen LogP contribution in [0.2, 0.25) is 0 Å².